The molecule has 0 aliphatic heterocycles. The monoisotopic (exact) mass is 418 g/mol. The van der Waals surface area contributed by atoms with Crippen molar-refractivity contribution in [3.05, 3.63) is 59.7 Å². The molecule has 0 aliphatic carbocycles. The van der Waals surface area contributed by atoms with E-state index in [1.165, 1.54) is 19.2 Å². The Morgan fingerprint density at radius 3 is 2.17 bits per heavy atom. The van der Waals surface area contributed by atoms with E-state index < -0.39 is 10.0 Å². The molecule has 2 aromatic carbocycles. The van der Waals surface area contributed by atoms with Gasteiger partial charge < -0.3 is 10.1 Å². The summed E-state index contributed by atoms with van der Waals surface area (Å²) in [5.74, 6) is -0.164. The van der Waals surface area contributed by atoms with Gasteiger partial charge in [0.25, 0.3) is 5.91 Å². The molecule has 0 saturated carbocycles. The fourth-order valence-electron chi connectivity index (χ4n) is 3.06. The Morgan fingerprint density at radius 2 is 1.66 bits per heavy atom. The van der Waals surface area contributed by atoms with Gasteiger partial charge in [0.2, 0.25) is 10.0 Å². The number of carbonyl (C=O) groups is 1. The second-order valence-electron chi connectivity index (χ2n) is 8.32. The number of sulfonamides is 1. The molecule has 0 heterocycles. The van der Waals surface area contributed by atoms with Crippen LogP contribution in [0.5, 0.6) is 5.75 Å². The van der Waals surface area contributed by atoms with Gasteiger partial charge >= 0.3 is 0 Å². The molecule has 0 aliphatic rings. The van der Waals surface area contributed by atoms with Crippen LogP contribution in [0.4, 0.5) is 0 Å². The van der Waals surface area contributed by atoms with Crippen LogP contribution < -0.4 is 14.8 Å². The van der Waals surface area contributed by atoms with E-state index in [-0.39, 0.29) is 39.6 Å². The van der Waals surface area contributed by atoms with Crippen LogP contribution in [-0.4, -0.2) is 27.5 Å². The maximum atomic E-state index is 13.0. The third-order valence-electron chi connectivity index (χ3n) is 4.38. The number of hydrogen-bond acceptors (Lipinski definition) is 4. The summed E-state index contributed by atoms with van der Waals surface area (Å²) < 4.78 is 33.1. The Kier molecular flexibility index (Phi) is 7.08. The van der Waals surface area contributed by atoms with E-state index in [0.29, 0.717) is 0 Å². The average molecular weight is 419 g/mol. The van der Waals surface area contributed by atoms with E-state index in [1.807, 2.05) is 51.1 Å². The van der Waals surface area contributed by atoms with Crippen molar-refractivity contribution in [2.24, 2.45) is 5.41 Å². The van der Waals surface area contributed by atoms with Gasteiger partial charge in [-0.05, 0) is 43.0 Å². The molecule has 6 nitrogen and oxygen atoms in total. The van der Waals surface area contributed by atoms with Crippen LogP contribution in [0.25, 0.3) is 0 Å². The largest absolute Gasteiger partial charge is 0.495 e. The highest BCUT2D eigenvalue weighted by molar-refractivity contribution is 7.89. The molecular formula is C22H30N2O4S. The first kappa shape index (κ1) is 22.9. The lowest BCUT2D eigenvalue weighted by Gasteiger charge is -2.32. The van der Waals surface area contributed by atoms with Gasteiger partial charge in [0.05, 0.1) is 13.2 Å². The molecule has 158 valence electrons. The lowest BCUT2D eigenvalue weighted by atomic mass is 9.82. The normalized spacial score (nSPS) is 13.2. The smallest absolute Gasteiger partial charge is 0.251 e. The average Bonchev–Trinajstić information content (AvgIpc) is 2.64. The lowest BCUT2D eigenvalue weighted by Crippen LogP contribution is -2.37. The number of ether oxygens (including phenoxy) is 1. The van der Waals surface area contributed by atoms with Crippen molar-refractivity contribution in [2.75, 3.05) is 7.11 Å². The molecule has 29 heavy (non-hydrogen) atoms. The summed E-state index contributed by atoms with van der Waals surface area (Å²) in [5, 5.41) is 3.05. The van der Waals surface area contributed by atoms with Gasteiger partial charge in [-0.3, -0.25) is 4.79 Å². The van der Waals surface area contributed by atoms with Gasteiger partial charge in [0, 0.05) is 11.6 Å². The van der Waals surface area contributed by atoms with Crippen molar-refractivity contribution < 1.29 is 17.9 Å². The summed E-state index contributed by atoms with van der Waals surface area (Å²) in [6.45, 7) is 9.59. The summed E-state index contributed by atoms with van der Waals surface area (Å²) in [4.78, 5) is 12.9. The van der Waals surface area contributed by atoms with Crippen LogP contribution >= 0.6 is 0 Å². The van der Waals surface area contributed by atoms with Crippen LogP contribution in [0.15, 0.2) is 53.4 Å². The minimum Gasteiger partial charge on any atom is -0.495 e. The molecular weight excluding hydrogens is 388 g/mol. The number of nitrogens with one attached hydrogen (secondary N) is 2. The molecule has 7 heteroatoms. The Labute approximate surface area is 173 Å². The highest BCUT2D eigenvalue weighted by Gasteiger charge is 2.29. The maximum absolute atomic E-state index is 13.0. The SMILES string of the molecule is COc1ccc(C(=O)NC(c2ccccc2)C(C)(C)C)cc1S(=O)(=O)NC(C)C. The van der Waals surface area contributed by atoms with Crippen LogP contribution in [0.2, 0.25) is 0 Å². The molecule has 0 bridgehead atoms. The van der Waals surface area contributed by atoms with Gasteiger partial charge in [0.15, 0.2) is 0 Å². The quantitative estimate of drug-likeness (QED) is 0.714. The van der Waals surface area contributed by atoms with E-state index in [4.69, 9.17) is 4.74 Å². The van der Waals surface area contributed by atoms with Crippen molar-refractivity contribution in [3.8, 4) is 5.75 Å². The minimum absolute atomic E-state index is 0.0617. The maximum Gasteiger partial charge on any atom is 0.251 e. The molecule has 2 aromatic rings. The molecule has 2 rings (SSSR count). The Hall–Kier alpha value is -2.38. The van der Waals surface area contributed by atoms with Crippen LogP contribution in [0.3, 0.4) is 0 Å². The fourth-order valence-corrected chi connectivity index (χ4v) is 4.51. The highest BCUT2D eigenvalue weighted by Crippen LogP contribution is 2.33. The summed E-state index contributed by atoms with van der Waals surface area (Å²) in [6.07, 6.45) is 0. The predicted octanol–water partition coefficient (Wildman–Crippen LogP) is 3.90. The number of carbonyl (C=O) groups excluding carboxylic acids is 1. The van der Waals surface area contributed by atoms with Crippen molar-refractivity contribution in [1.82, 2.24) is 10.0 Å². The molecule has 1 unspecified atom stereocenters. The Bertz CT molecular complexity index is 949. The van der Waals surface area contributed by atoms with Crippen LogP contribution in [0.1, 0.15) is 56.6 Å². The van der Waals surface area contributed by atoms with E-state index in [0.717, 1.165) is 5.56 Å². The summed E-state index contributed by atoms with van der Waals surface area (Å²) >= 11 is 0. The van der Waals surface area contributed by atoms with Crippen molar-refractivity contribution >= 4 is 15.9 Å². The fraction of sp³-hybridized carbons (Fsp3) is 0.409. The molecule has 2 N–H and O–H groups in total. The second-order valence-corrected chi connectivity index (χ2v) is 10.0. The number of amides is 1. The molecule has 0 radical (unpaired) electrons. The minimum atomic E-state index is -3.82. The first-order valence-corrected chi connectivity index (χ1v) is 11.0. The topological polar surface area (TPSA) is 84.5 Å². The molecule has 1 amide bonds. The number of hydrogen-bond donors (Lipinski definition) is 2. The number of rotatable bonds is 7. The van der Waals surface area contributed by atoms with Crippen molar-refractivity contribution in [2.45, 2.75) is 51.6 Å². The van der Waals surface area contributed by atoms with Crippen molar-refractivity contribution in [3.63, 3.8) is 0 Å². The third-order valence-corrected chi connectivity index (χ3v) is 6.06. The van der Waals surface area contributed by atoms with Gasteiger partial charge in [-0.1, -0.05) is 51.1 Å². The standard InChI is InChI=1S/C22H30N2O4S/c1-15(2)24-29(26,27)19-14-17(12-13-18(19)28-6)21(25)23-20(22(3,4)5)16-10-8-7-9-11-16/h7-15,20,24H,1-6H3,(H,23,25). The van der Waals surface area contributed by atoms with E-state index in [1.54, 1.807) is 19.9 Å². The molecule has 0 fully saturated rings. The summed E-state index contributed by atoms with van der Waals surface area (Å²) in [5.41, 5.74) is 0.994. The third kappa shape index (κ3) is 5.81. The summed E-state index contributed by atoms with van der Waals surface area (Å²) in [6, 6.07) is 13.6. The van der Waals surface area contributed by atoms with Crippen molar-refractivity contribution in [1.29, 1.82) is 0 Å². The molecule has 1 atom stereocenters. The van der Waals surface area contributed by atoms with Crippen LogP contribution in [-0.2, 0) is 10.0 Å². The van der Waals surface area contributed by atoms with E-state index in [9.17, 15) is 13.2 Å². The summed E-state index contributed by atoms with van der Waals surface area (Å²) in [7, 11) is -2.43. The zero-order valence-electron chi connectivity index (χ0n) is 17.8. The molecule has 0 spiro atoms. The second kappa shape index (κ2) is 8.97. The Balaban J connectivity index is 2.41. The first-order chi connectivity index (χ1) is 13.5. The Morgan fingerprint density at radius 1 is 1.03 bits per heavy atom. The zero-order chi connectivity index (χ0) is 21.8. The van der Waals surface area contributed by atoms with Gasteiger partial charge in [0.1, 0.15) is 10.6 Å². The zero-order valence-corrected chi connectivity index (χ0v) is 18.6. The number of methoxy groups -OCH3 is 1. The molecule has 0 saturated heterocycles. The predicted molar refractivity (Wildman–Crippen MR) is 115 cm³/mol. The van der Waals surface area contributed by atoms with Gasteiger partial charge in [-0.2, -0.15) is 0 Å². The van der Waals surface area contributed by atoms with Crippen LogP contribution in [0, 0.1) is 5.41 Å². The highest BCUT2D eigenvalue weighted by atomic mass is 32.2. The molecule has 0 aromatic heterocycles. The van der Waals surface area contributed by atoms with Gasteiger partial charge in [-0.25, -0.2) is 13.1 Å². The number of benzene rings is 2. The van der Waals surface area contributed by atoms with Gasteiger partial charge in [-0.15, -0.1) is 0 Å². The van der Waals surface area contributed by atoms with E-state index >= 15 is 0 Å². The first-order valence-electron chi connectivity index (χ1n) is 9.52. The van der Waals surface area contributed by atoms with E-state index in [2.05, 4.69) is 10.0 Å². The lowest BCUT2D eigenvalue weighted by molar-refractivity contribution is 0.0901.